The van der Waals surface area contributed by atoms with Crippen molar-refractivity contribution in [2.24, 2.45) is 0 Å². The van der Waals surface area contributed by atoms with Crippen LogP contribution in [0.4, 0.5) is 4.79 Å². The minimum absolute atomic E-state index is 0.0758. The van der Waals surface area contributed by atoms with Crippen molar-refractivity contribution in [2.45, 2.75) is 13.0 Å². The summed E-state index contributed by atoms with van der Waals surface area (Å²) in [5, 5.41) is 12.6. The van der Waals surface area contributed by atoms with E-state index in [-0.39, 0.29) is 13.2 Å². The molecule has 18 heavy (non-hydrogen) atoms. The van der Waals surface area contributed by atoms with E-state index in [0.29, 0.717) is 17.4 Å². The van der Waals surface area contributed by atoms with E-state index in [1.165, 1.54) is 0 Å². The minimum atomic E-state index is -0.801. The lowest BCUT2D eigenvalue weighted by Gasteiger charge is -2.13. The summed E-state index contributed by atoms with van der Waals surface area (Å²) in [5.41, 5.74) is 0. The summed E-state index contributed by atoms with van der Waals surface area (Å²) in [6, 6.07) is 6.79. The van der Waals surface area contributed by atoms with Crippen molar-refractivity contribution in [1.29, 1.82) is 0 Å². The maximum atomic E-state index is 11.0. The molecule has 0 fully saturated rings. The van der Waals surface area contributed by atoms with Crippen LogP contribution in [0, 0.1) is 0 Å². The lowest BCUT2D eigenvalue weighted by molar-refractivity contribution is 0.0991. The van der Waals surface area contributed by atoms with Gasteiger partial charge < -0.3 is 19.9 Å². The number of rotatable bonds is 6. The second kappa shape index (κ2) is 7.79. The summed E-state index contributed by atoms with van der Waals surface area (Å²) >= 11 is 5.72. The van der Waals surface area contributed by atoms with E-state index in [2.05, 4.69) is 10.1 Å². The Kier molecular flexibility index (Phi) is 6.32. The van der Waals surface area contributed by atoms with Gasteiger partial charge in [0.2, 0.25) is 0 Å². The molecule has 0 aromatic heterocycles. The zero-order valence-electron chi connectivity index (χ0n) is 10.1. The normalized spacial score (nSPS) is 11.7. The topological polar surface area (TPSA) is 67.8 Å². The van der Waals surface area contributed by atoms with E-state index in [4.69, 9.17) is 16.3 Å². The number of ether oxygens (including phenoxy) is 2. The van der Waals surface area contributed by atoms with Crippen LogP contribution in [0.1, 0.15) is 6.92 Å². The zero-order chi connectivity index (χ0) is 13.4. The van der Waals surface area contributed by atoms with Crippen molar-refractivity contribution in [3.8, 4) is 5.75 Å². The third-order valence-corrected chi connectivity index (χ3v) is 2.27. The number of halogens is 1. The maximum Gasteiger partial charge on any atom is 0.407 e. The quantitative estimate of drug-likeness (QED) is 0.830. The second-order valence-electron chi connectivity index (χ2n) is 3.52. The highest BCUT2D eigenvalue weighted by Crippen LogP contribution is 2.15. The maximum absolute atomic E-state index is 11.0. The standard InChI is InChI=1S/C12H16ClNO4/c1-2-17-12(16)14-7-10(15)8-18-11-5-3-9(13)4-6-11/h3-6,10,15H,2,7-8H2,1H3,(H,14,16)/t10-/m1/s1. The summed E-state index contributed by atoms with van der Waals surface area (Å²) < 4.78 is 9.97. The van der Waals surface area contributed by atoms with Crippen molar-refractivity contribution in [3.63, 3.8) is 0 Å². The van der Waals surface area contributed by atoms with Crippen LogP contribution >= 0.6 is 11.6 Å². The van der Waals surface area contributed by atoms with Gasteiger partial charge in [0.15, 0.2) is 0 Å². The van der Waals surface area contributed by atoms with Crippen LogP contribution in [-0.2, 0) is 4.74 Å². The molecule has 5 nitrogen and oxygen atoms in total. The molecule has 0 unspecified atom stereocenters. The Hall–Kier alpha value is -1.46. The molecule has 6 heteroatoms. The van der Waals surface area contributed by atoms with Crippen molar-refractivity contribution < 1.29 is 19.4 Å². The minimum Gasteiger partial charge on any atom is -0.491 e. The molecule has 2 N–H and O–H groups in total. The fraction of sp³-hybridized carbons (Fsp3) is 0.417. The Balaban J connectivity index is 2.22. The van der Waals surface area contributed by atoms with Crippen LogP contribution in [0.15, 0.2) is 24.3 Å². The van der Waals surface area contributed by atoms with E-state index in [1.807, 2.05) is 0 Å². The molecule has 100 valence electrons. The third-order valence-electron chi connectivity index (χ3n) is 2.01. The SMILES string of the molecule is CCOC(=O)NC[C@@H](O)COc1ccc(Cl)cc1. The fourth-order valence-electron chi connectivity index (χ4n) is 1.17. The molecule has 0 spiro atoms. The number of carbonyl (C=O) groups is 1. The molecule has 0 aliphatic rings. The monoisotopic (exact) mass is 273 g/mol. The van der Waals surface area contributed by atoms with Gasteiger partial charge in [0.25, 0.3) is 0 Å². The molecule has 1 aromatic carbocycles. The van der Waals surface area contributed by atoms with Gasteiger partial charge in [0.1, 0.15) is 18.5 Å². The average Bonchev–Trinajstić information content (AvgIpc) is 2.36. The largest absolute Gasteiger partial charge is 0.491 e. The van der Waals surface area contributed by atoms with Gasteiger partial charge in [0, 0.05) is 5.02 Å². The van der Waals surface area contributed by atoms with E-state index >= 15 is 0 Å². The lowest BCUT2D eigenvalue weighted by atomic mass is 10.3. The fourth-order valence-corrected chi connectivity index (χ4v) is 1.29. The van der Waals surface area contributed by atoms with Crippen molar-refractivity contribution in [3.05, 3.63) is 29.3 Å². The summed E-state index contributed by atoms with van der Waals surface area (Å²) in [5.74, 6) is 0.606. The van der Waals surface area contributed by atoms with Crippen molar-refractivity contribution in [1.82, 2.24) is 5.32 Å². The number of alkyl carbamates (subject to hydrolysis) is 1. The molecule has 0 heterocycles. The molecule has 0 saturated carbocycles. The van der Waals surface area contributed by atoms with E-state index in [0.717, 1.165) is 0 Å². The first-order chi connectivity index (χ1) is 8.61. The van der Waals surface area contributed by atoms with Crippen LogP contribution in [-0.4, -0.2) is 37.1 Å². The smallest absolute Gasteiger partial charge is 0.407 e. The van der Waals surface area contributed by atoms with E-state index in [1.54, 1.807) is 31.2 Å². The van der Waals surface area contributed by atoms with Crippen LogP contribution in [0.3, 0.4) is 0 Å². The summed E-state index contributed by atoms with van der Waals surface area (Å²) in [6.45, 7) is 2.16. The van der Waals surface area contributed by atoms with Crippen LogP contribution in [0.2, 0.25) is 5.02 Å². The van der Waals surface area contributed by atoms with Gasteiger partial charge in [-0.15, -0.1) is 0 Å². The Morgan fingerprint density at radius 3 is 2.72 bits per heavy atom. The molecule has 0 aliphatic carbocycles. The highest BCUT2D eigenvalue weighted by atomic mass is 35.5. The molecular formula is C12H16ClNO4. The Labute approximate surface area is 111 Å². The van der Waals surface area contributed by atoms with E-state index in [9.17, 15) is 9.90 Å². The molecule has 1 rings (SSSR count). The first-order valence-electron chi connectivity index (χ1n) is 5.59. The first-order valence-corrected chi connectivity index (χ1v) is 5.96. The van der Waals surface area contributed by atoms with Gasteiger partial charge in [-0.1, -0.05) is 11.6 Å². The molecule has 0 aliphatic heterocycles. The average molecular weight is 274 g/mol. The van der Waals surface area contributed by atoms with Gasteiger partial charge >= 0.3 is 6.09 Å². The molecule has 1 atom stereocenters. The van der Waals surface area contributed by atoms with Gasteiger partial charge in [-0.2, -0.15) is 0 Å². The number of nitrogens with one attached hydrogen (secondary N) is 1. The van der Waals surface area contributed by atoms with Crippen molar-refractivity contribution in [2.75, 3.05) is 19.8 Å². The number of hydrogen-bond acceptors (Lipinski definition) is 4. The molecule has 0 bridgehead atoms. The predicted octanol–water partition coefficient (Wildman–Crippen LogP) is 1.83. The van der Waals surface area contributed by atoms with Crippen LogP contribution in [0.25, 0.3) is 0 Å². The number of amides is 1. The number of hydrogen-bond donors (Lipinski definition) is 2. The summed E-state index contributed by atoms with van der Waals surface area (Å²) in [6.07, 6.45) is -1.35. The van der Waals surface area contributed by atoms with Crippen LogP contribution < -0.4 is 10.1 Å². The van der Waals surface area contributed by atoms with Crippen molar-refractivity contribution >= 4 is 17.7 Å². The molecule has 1 amide bonds. The summed E-state index contributed by atoms with van der Waals surface area (Å²) in [4.78, 5) is 11.0. The molecule has 1 aromatic rings. The highest BCUT2D eigenvalue weighted by Gasteiger charge is 2.08. The van der Waals surface area contributed by atoms with Crippen LogP contribution in [0.5, 0.6) is 5.75 Å². The molecule has 0 saturated heterocycles. The van der Waals surface area contributed by atoms with E-state index < -0.39 is 12.2 Å². The predicted molar refractivity (Wildman–Crippen MR) is 68.0 cm³/mol. The van der Waals surface area contributed by atoms with Gasteiger partial charge in [-0.3, -0.25) is 0 Å². The third kappa shape index (κ3) is 5.75. The summed E-state index contributed by atoms with van der Waals surface area (Å²) in [7, 11) is 0. The van der Waals surface area contributed by atoms with Gasteiger partial charge in [-0.25, -0.2) is 4.79 Å². The Morgan fingerprint density at radius 2 is 2.11 bits per heavy atom. The van der Waals surface area contributed by atoms with Gasteiger partial charge in [0.05, 0.1) is 13.2 Å². The molecular weight excluding hydrogens is 258 g/mol. The lowest BCUT2D eigenvalue weighted by Crippen LogP contribution is -2.35. The Bertz CT molecular complexity index is 369. The zero-order valence-corrected chi connectivity index (χ0v) is 10.8. The first kappa shape index (κ1) is 14.6. The Morgan fingerprint density at radius 1 is 1.44 bits per heavy atom. The second-order valence-corrected chi connectivity index (χ2v) is 3.96. The highest BCUT2D eigenvalue weighted by molar-refractivity contribution is 6.30. The number of benzene rings is 1. The number of carbonyl (C=O) groups excluding carboxylic acids is 1. The molecule has 0 radical (unpaired) electrons. The number of aliphatic hydroxyl groups is 1. The number of aliphatic hydroxyl groups excluding tert-OH is 1. The van der Waals surface area contributed by atoms with Gasteiger partial charge in [-0.05, 0) is 31.2 Å².